The van der Waals surface area contributed by atoms with Gasteiger partial charge < -0.3 is 29.7 Å². The van der Waals surface area contributed by atoms with Crippen LogP contribution >= 0.6 is 0 Å². The van der Waals surface area contributed by atoms with Gasteiger partial charge in [-0.2, -0.15) is 0 Å². The van der Waals surface area contributed by atoms with Crippen LogP contribution in [-0.4, -0.2) is 54.2 Å². The Morgan fingerprint density at radius 2 is 2.00 bits per heavy atom. The van der Waals surface area contributed by atoms with E-state index in [2.05, 4.69) is 5.32 Å². The van der Waals surface area contributed by atoms with Gasteiger partial charge in [-0.3, -0.25) is 0 Å². The van der Waals surface area contributed by atoms with Crippen LogP contribution in [-0.2, 0) is 14.3 Å². The zero-order valence-corrected chi connectivity index (χ0v) is 17.1. The lowest BCUT2D eigenvalue weighted by Crippen LogP contribution is -2.52. The molecule has 170 valence electrons. The minimum Gasteiger partial charge on any atom is -0.478 e. The summed E-state index contributed by atoms with van der Waals surface area (Å²) < 4.78 is 54.8. The highest BCUT2D eigenvalue weighted by Gasteiger charge is 2.45. The van der Waals surface area contributed by atoms with Crippen molar-refractivity contribution in [2.45, 2.75) is 31.2 Å². The Morgan fingerprint density at radius 3 is 2.72 bits per heavy atom. The first-order valence-electron chi connectivity index (χ1n) is 10.4. The zero-order valence-electron chi connectivity index (χ0n) is 17.1. The maximum Gasteiger partial charge on any atom is 0.333 e. The quantitative estimate of drug-likeness (QED) is 0.735. The monoisotopic (exact) mass is 449 g/mol. The first-order chi connectivity index (χ1) is 15.3. The van der Waals surface area contributed by atoms with Crippen LogP contribution in [0.1, 0.15) is 19.3 Å². The molecule has 4 heterocycles. The maximum absolute atomic E-state index is 15.1. The predicted molar refractivity (Wildman–Crippen MR) is 108 cm³/mol. The van der Waals surface area contributed by atoms with E-state index < -0.39 is 35.4 Å². The lowest BCUT2D eigenvalue weighted by atomic mass is 9.95. The molecular formula is C22H22F3N3O4. The number of halogens is 3. The van der Waals surface area contributed by atoms with Crippen molar-refractivity contribution < 1.29 is 32.5 Å². The Balaban J connectivity index is 1.48. The number of nitrogens with one attached hydrogen (secondary N) is 1. The van der Waals surface area contributed by atoms with E-state index in [1.54, 1.807) is 4.90 Å². The number of ether oxygens (including phenoxy) is 2. The third-order valence-electron chi connectivity index (χ3n) is 6.12. The summed E-state index contributed by atoms with van der Waals surface area (Å²) in [6.45, 7) is 1.98. The first kappa shape index (κ1) is 20.9. The number of allylic oxidation sites excluding steroid dienone is 2. The van der Waals surface area contributed by atoms with Crippen LogP contribution in [0.5, 0.6) is 0 Å². The molecule has 1 spiro atoms. The first-order valence-corrected chi connectivity index (χ1v) is 10.4. The molecular weight excluding hydrogens is 427 g/mol. The molecule has 4 aliphatic heterocycles. The van der Waals surface area contributed by atoms with Gasteiger partial charge in [0.25, 0.3) is 0 Å². The molecule has 7 nitrogen and oxygen atoms in total. The third kappa shape index (κ3) is 3.63. The van der Waals surface area contributed by atoms with Crippen molar-refractivity contribution in [2.75, 3.05) is 31.2 Å². The van der Waals surface area contributed by atoms with Crippen LogP contribution in [0.3, 0.4) is 0 Å². The average molecular weight is 449 g/mol. The van der Waals surface area contributed by atoms with E-state index in [1.807, 2.05) is 0 Å². The van der Waals surface area contributed by atoms with Crippen LogP contribution in [0.4, 0.5) is 18.9 Å². The number of fused-ring (bicyclic) bond motifs is 1. The van der Waals surface area contributed by atoms with Gasteiger partial charge in [-0.25, -0.2) is 18.0 Å². The summed E-state index contributed by atoms with van der Waals surface area (Å²) in [7, 11) is 0. The van der Waals surface area contributed by atoms with Crippen LogP contribution in [0, 0.1) is 11.6 Å². The highest BCUT2D eigenvalue weighted by atomic mass is 19.1. The summed E-state index contributed by atoms with van der Waals surface area (Å²) in [6.07, 6.45) is 3.22. The third-order valence-corrected chi connectivity index (χ3v) is 6.12. The predicted octanol–water partition coefficient (Wildman–Crippen LogP) is 2.98. The van der Waals surface area contributed by atoms with Crippen molar-refractivity contribution in [3.8, 4) is 0 Å². The number of carboxylic acid groups (broad SMARTS) is 1. The summed E-state index contributed by atoms with van der Waals surface area (Å²) in [4.78, 5) is 14.8. The fourth-order valence-electron chi connectivity index (χ4n) is 4.58. The summed E-state index contributed by atoms with van der Waals surface area (Å²) in [6, 6.07) is 3.05. The number of nitrogens with zero attached hydrogens (tertiary/aromatic N) is 2. The van der Waals surface area contributed by atoms with Gasteiger partial charge in [0.15, 0.2) is 11.6 Å². The van der Waals surface area contributed by atoms with Gasteiger partial charge in [-0.15, -0.1) is 0 Å². The Hall–Kier alpha value is -2.98. The molecule has 10 heteroatoms. The lowest BCUT2D eigenvalue weighted by Gasteiger charge is -2.42. The molecule has 1 aromatic carbocycles. The van der Waals surface area contributed by atoms with Crippen molar-refractivity contribution in [1.82, 2.24) is 10.2 Å². The second-order valence-corrected chi connectivity index (χ2v) is 8.23. The van der Waals surface area contributed by atoms with Crippen molar-refractivity contribution in [3.05, 3.63) is 64.9 Å². The minimum atomic E-state index is -1.19. The molecule has 2 saturated heterocycles. The van der Waals surface area contributed by atoms with Gasteiger partial charge in [-0.05, 0) is 30.2 Å². The highest BCUT2D eigenvalue weighted by Crippen LogP contribution is 2.38. The van der Waals surface area contributed by atoms with Crippen molar-refractivity contribution in [3.63, 3.8) is 0 Å². The lowest BCUT2D eigenvalue weighted by molar-refractivity contribution is -0.256. The van der Waals surface area contributed by atoms with E-state index in [4.69, 9.17) is 9.47 Å². The van der Waals surface area contributed by atoms with E-state index >= 15 is 4.39 Å². The molecule has 0 radical (unpaired) electrons. The Bertz CT molecular complexity index is 1050. The van der Waals surface area contributed by atoms with Gasteiger partial charge in [0.2, 0.25) is 0 Å². The van der Waals surface area contributed by atoms with Gasteiger partial charge in [0.05, 0.1) is 31.0 Å². The second-order valence-electron chi connectivity index (χ2n) is 8.23. The Labute approximate surface area is 182 Å². The number of hydrogen-bond donors (Lipinski definition) is 2. The summed E-state index contributed by atoms with van der Waals surface area (Å²) in [5, 5.41) is 12.6. The molecule has 32 heavy (non-hydrogen) atoms. The molecule has 1 atom stereocenters. The highest BCUT2D eigenvalue weighted by molar-refractivity contribution is 5.88. The van der Waals surface area contributed by atoms with Crippen molar-refractivity contribution in [2.24, 2.45) is 0 Å². The van der Waals surface area contributed by atoms with Gasteiger partial charge in [0, 0.05) is 31.7 Å². The SMILES string of the molecule is O=C(O)C1=CN(c2ccc(F)cc2F)C2NC(N3CCC4(C3)OCCCO4)=C(F)C=C2C1. The van der Waals surface area contributed by atoms with Crippen molar-refractivity contribution >= 4 is 11.7 Å². The molecule has 0 aliphatic carbocycles. The fourth-order valence-corrected chi connectivity index (χ4v) is 4.58. The summed E-state index contributed by atoms with van der Waals surface area (Å²) in [5.74, 6) is -3.92. The van der Waals surface area contributed by atoms with Crippen LogP contribution in [0.25, 0.3) is 0 Å². The molecule has 5 rings (SSSR count). The summed E-state index contributed by atoms with van der Waals surface area (Å²) >= 11 is 0. The average Bonchev–Trinajstić information content (AvgIpc) is 3.16. The standard InChI is InChI=1S/C22H22F3N3O4/c23-15-2-3-18(16(24)10-15)28-11-14(21(29)30)8-13-9-17(25)20(26-19(13)28)27-5-4-22(12-27)31-6-1-7-32-22/h2-3,9-11,19,26H,1,4-8,12H2,(H,29,30). The largest absolute Gasteiger partial charge is 0.478 e. The van der Waals surface area contributed by atoms with E-state index in [-0.39, 0.29) is 23.5 Å². The van der Waals surface area contributed by atoms with E-state index in [1.165, 1.54) is 23.2 Å². The number of anilines is 1. The van der Waals surface area contributed by atoms with E-state index in [0.717, 1.165) is 18.6 Å². The second kappa shape index (κ2) is 7.86. The van der Waals surface area contributed by atoms with E-state index in [9.17, 15) is 18.7 Å². The number of hydrogen-bond acceptors (Lipinski definition) is 6. The molecule has 4 aliphatic rings. The van der Waals surface area contributed by atoms with Crippen LogP contribution in [0.2, 0.25) is 0 Å². The smallest absolute Gasteiger partial charge is 0.333 e. The minimum absolute atomic E-state index is 0.0107. The maximum atomic E-state index is 15.1. The molecule has 2 fully saturated rings. The topological polar surface area (TPSA) is 74.3 Å². The Kier molecular flexibility index (Phi) is 5.13. The zero-order chi connectivity index (χ0) is 22.5. The molecule has 0 aromatic heterocycles. The number of benzene rings is 1. The number of likely N-dealkylation sites (tertiary alicyclic amines) is 1. The molecule has 2 N–H and O–H groups in total. The van der Waals surface area contributed by atoms with Crippen LogP contribution in [0.15, 0.2) is 53.3 Å². The van der Waals surface area contributed by atoms with Crippen LogP contribution < -0.4 is 10.2 Å². The molecule has 0 bridgehead atoms. The van der Waals surface area contributed by atoms with Gasteiger partial charge in [-0.1, -0.05) is 0 Å². The fraction of sp³-hybridized carbons (Fsp3) is 0.409. The van der Waals surface area contributed by atoms with Gasteiger partial charge in [0.1, 0.15) is 23.6 Å². The van der Waals surface area contributed by atoms with Crippen molar-refractivity contribution in [1.29, 1.82) is 0 Å². The normalized spacial score (nSPS) is 24.8. The Morgan fingerprint density at radius 1 is 1.22 bits per heavy atom. The number of carboxylic acids is 1. The number of aliphatic carboxylic acids is 1. The number of rotatable bonds is 3. The molecule has 1 unspecified atom stereocenters. The summed E-state index contributed by atoms with van der Waals surface area (Å²) in [5.41, 5.74) is 0.374. The molecule has 1 aromatic rings. The number of carbonyl (C=O) groups is 1. The van der Waals surface area contributed by atoms with E-state index in [0.29, 0.717) is 38.3 Å². The number of dihydropyridines is 1. The molecule has 0 amide bonds. The molecule has 0 saturated carbocycles. The van der Waals surface area contributed by atoms with Gasteiger partial charge >= 0.3 is 5.97 Å².